The number of carbonyl (C=O) groups excluding carboxylic acids is 3. The number of aryl methyl sites for hydroxylation is 2. The summed E-state index contributed by atoms with van der Waals surface area (Å²) < 4.78 is 0. The molecule has 6 N–H and O–H groups in total. The number of carbonyl (C=O) groups is 3. The van der Waals surface area contributed by atoms with Crippen LogP contribution in [0.1, 0.15) is 42.3 Å². The highest BCUT2D eigenvalue weighted by molar-refractivity contribution is 5.97. The number of aliphatic hydroxyl groups is 1. The number of anilines is 1. The molecule has 0 saturated carbocycles. The standard InChI is InChI=1S/C24H32N4O5/c1-15(2)25-14-21(30)26-20-12-8-18(9-13-20)5-4-17-6-10-19(11-7-17)23(31)27-22(16(3)29)24(32)28-33/h6-13,15-16,22,25,29,33H,4-5,14H2,1-3H3,(H,26,30)(H,27,31)(H,28,32)/t16-,22+/m1/s1. The fraction of sp³-hybridized carbons (Fsp3) is 0.375. The number of rotatable bonds is 11. The van der Waals surface area contributed by atoms with Crippen LogP contribution in [0, 0.1) is 0 Å². The van der Waals surface area contributed by atoms with E-state index in [0.717, 1.165) is 29.7 Å². The van der Waals surface area contributed by atoms with Crippen LogP contribution in [0.25, 0.3) is 0 Å². The van der Waals surface area contributed by atoms with E-state index in [9.17, 15) is 19.5 Å². The first kappa shape index (κ1) is 26.0. The van der Waals surface area contributed by atoms with Gasteiger partial charge in [0.15, 0.2) is 0 Å². The first-order valence-corrected chi connectivity index (χ1v) is 10.8. The number of hydroxylamine groups is 1. The van der Waals surface area contributed by atoms with Crippen molar-refractivity contribution < 1.29 is 24.7 Å². The molecule has 2 atom stereocenters. The van der Waals surface area contributed by atoms with E-state index in [4.69, 9.17) is 5.21 Å². The number of nitrogens with one attached hydrogen (secondary N) is 4. The van der Waals surface area contributed by atoms with Gasteiger partial charge in [0.2, 0.25) is 5.91 Å². The van der Waals surface area contributed by atoms with E-state index in [1.165, 1.54) is 12.4 Å². The lowest BCUT2D eigenvalue weighted by atomic mass is 10.0. The SMILES string of the molecule is CC(C)NCC(=O)Nc1ccc(CCc2ccc(C(=O)N[C@H](C(=O)NO)[C@@H](C)O)cc2)cc1. The summed E-state index contributed by atoms with van der Waals surface area (Å²) in [6.07, 6.45) is 0.377. The van der Waals surface area contributed by atoms with Crippen molar-refractivity contribution in [3.05, 3.63) is 65.2 Å². The Labute approximate surface area is 193 Å². The third kappa shape index (κ3) is 8.64. The number of hydrogen-bond acceptors (Lipinski definition) is 6. The Morgan fingerprint density at radius 1 is 0.879 bits per heavy atom. The van der Waals surface area contributed by atoms with Crippen molar-refractivity contribution in [3.8, 4) is 0 Å². The number of benzene rings is 2. The van der Waals surface area contributed by atoms with Gasteiger partial charge in [-0.2, -0.15) is 0 Å². The molecule has 178 valence electrons. The maximum absolute atomic E-state index is 12.3. The summed E-state index contributed by atoms with van der Waals surface area (Å²) in [5.74, 6) is -1.51. The summed E-state index contributed by atoms with van der Waals surface area (Å²) >= 11 is 0. The smallest absolute Gasteiger partial charge is 0.268 e. The molecule has 0 aliphatic rings. The Morgan fingerprint density at radius 3 is 1.91 bits per heavy atom. The molecular formula is C24H32N4O5. The van der Waals surface area contributed by atoms with E-state index in [0.29, 0.717) is 5.56 Å². The Morgan fingerprint density at radius 2 is 1.42 bits per heavy atom. The molecule has 2 aromatic rings. The molecule has 9 heteroatoms. The van der Waals surface area contributed by atoms with Crippen LogP contribution < -0.4 is 21.4 Å². The Hall–Kier alpha value is -3.27. The van der Waals surface area contributed by atoms with E-state index >= 15 is 0 Å². The normalized spacial score (nSPS) is 12.7. The molecule has 0 aliphatic heterocycles. The third-order valence-corrected chi connectivity index (χ3v) is 4.99. The zero-order valence-corrected chi connectivity index (χ0v) is 19.1. The van der Waals surface area contributed by atoms with Crippen molar-refractivity contribution in [1.82, 2.24) is 16.1 Å². The van der Waals surface area contributed by atoms with Crippen molar-refractivity contribution in [3.63, 3.8) is 0 Å². The zero-order chi connectivity index (χ0) is 24.4. The van der Waals surface area contributed by atoms with Crippen LogP contribution in [0.5, 0.6) is 0 Å². The predicted octanol–water partition coefficient (Wildman–Crippen LogP) is 1.39. The summed E-state index contributed by atoms with van der Waals surface area (Å²) in [6.45, 7) is 5.57. The third-order valence-electron chi connectivity index (χ3n) is 4.99. The molecule has 0 unspecified atom stereocenters. The monoisotopic (exact) mass is 456 g/mol. The second-order valence-electron chi connectivity index (χ2n) is 8.15. The van der Waals surface area contributed by atoms with Gasteiger partial charge in [-0.25, -0.2) is 5.48 Å². The molecule has 3 amide bonds. The maximum atomic E-state index is 12.3. The van der Waals surface area contributed by atoms with Crippen molar-refractivity contribution in [1.29, 1.82) is 0 Å². The topological polar surface area (TPSA) is 140 Å². The van der Waals surface area contributed by atoms with Crippen LogP contribution in [0.2, 0.25) is 0 Å². The van der Waals surface area contributed by atoms with Gasteiger partial charge in [0.05, 0.1) is 12.6 Å². The van der Waals surface area contributed by atoms with Crippen LogP contribution in [0.4, 0.5) is 5.69 Å². The molecule has 33 heavy (non-hydrogen) atoms. The van der Waals surface area contributed by atoms with Gasteiger partial charge in [0.1, 0.15) is 6.04 Å². The van der Waals surface area contributed by atoms with E-state index < -0.39 is 24.0 Å². The molecule has 2 aromatic carbocycles. The minimum absolute atomic E-state index is 0.0858. The highest BCUT2D eigenvalue weighted by atomic mass is 16.5. The fourth-order valence-corrected chi connectivity index (χ4v) is 3.07. The van der Waals surface area contributed by atoms with E-state index in [-0.39, 0.29) is 18.5 Å². The molecule has 0 aromatic heterocycles. The largest absolute Gasteiger partial charge is 0.391 e. The van der Waals surface area contributed by atoms with Crippen molar-refractivity contribution >= 4 is 23.4 Å². The van der Waals surface area contributed by atoms with Crippen LogP contribution in [-0.4, -0.2) is 52.8 Å². The molecule has 0 fully saturated rings. The second kappa shape index (κ2) is 12.7. The summed E-state index contributed by atoms with van der Waals surface area (Å²) in [4.78, 5) is 35.8. The predicted molar refractivity (Wildman–Crippen MR) is 125 cm³/mol. The van der Waals surface area contributed by atoms with E-state index in [1.807, 2.05) is 50.2 Å². The van der Waals surface area contributed by atoms with Gasteiger partial charge in [-0.3, -0.25) is 19.6 Å². The molecule has 0 bridgehead atoms. The quantitative estimate of drug-likeness (QED) is 0.223. The van der Waals surface area contributed by atoms with Crippen molar-refractivity contribution in [2.45, 2.75) is 51.8 Å². The van der Waals surface area contributed by atoms with Gasteiger partial charge in [-0.1, -0.05) is 38.1 Å². The molecular weight excluding hydrogens is 424 g/mol. The van der Waals surface area contributed by atoms with Crippen molar-refractivity contribution in [2.24, 2.45) is 0 Å². The number of amides is 3. The molecule has 9 nitrogen and oxygen atoms in total. The van der Waals surface area contributed by atoms with Gasteiger partial charge < -0.3 is 21.1 Å². The summed E-state index contributed by atoms with van der Waals surface area (Å²) in [5, 5.41) is 26.7. The molecule has 0 spiro atoms. The van der Waals surface area contributed by atoms with Gasteiger partial charge in [-0.05, 0) is 55.2 Å². The van der Waals surface area contributed by atoms with Gasteiger partial charge in [0, 0.05) is 17.3 Å². The highest BCUT2D eigenvalue weighted by Gasteiger charge is 2.25. The van der Waals surface area contributed by atoms with Crippen molar-refractivity contribution in [2.75, 3.05) is 11.9 Å². The summed E-state index contributed by atoms with van der Waals surface area (Å²) in [7, 11) is 0. The fourth-order valence-electron chi connectivity index (χ4n) is 3.07. The first-order chi connectivity index (χ1) is 15.7. The minimum Gasteiger partial charge on any atom is -0.391 e. The molecule has 0 radical (unpaired) electrons. The summed E-state index contributed by atoms with van der Waals surface area (Å²) in [6, 6.07) is 13.6. The van der Waals surface area contributed by atoms with Gasteiger partial charge in [-0.15, -0.1) is 0 Å². The lowest BCUT2D eigenvalue weighted by Crippen LogP contribution is -2.51. The number of aliphatic hydroxyl groups excluding tert-OH is 1. The maximum Gasteiger partial charge on any atom is 0.268 e. The Balaban J connectivity index is 1.87. The van der Waals surface area contributed by atoms with Gasteiger partial charge >= 0.3 is 0 Å². The average Bonchev–Trinajstić information content (AvgIpc) is 2.80. The minimum atomic E-state index is -1.26. The average molecular weight is 457 g/mol. The zero-order valence-electron chi connectivity index (χ0n) is 19.1. The Kier molecular flexibility index (Phi) is 9.99. The highest BCUT2D eigenvalue weighted by Crippen LogP contribution is 2.13. The van der Waals surface area contributed by atoms with E-state index in [2.05, 4.69) is 16.0 Å². The molecule has 0 saturated heterocycles. The van der Waals surface area contributed by atoms with Gasteiger partial charge in [0.25, 0.3) is 11.8 Å². The van der Waals surface area contributed by atoms with Crippen LogP contribution in [0.3, 0.4) is 0 Å². The second-order valence-corrected chi connectivity index (χ2v) is 8.15. The Bertz CT molecular complexity index is 927. The van der Waals surface area contributed by atoms with Crippen LogP contribution in [-0.2, 0) is 22.4 Å². The lowest BCUT2D eigenvalue weighted by molar-refractivity contribution is -0.133. The first-order valence-electron chi connectivity index (χ1n) is 10.8. The van der Waals surface area contributed by atoms with E-state index in [1.54, 1.807) is 12.1 Å². The molecule has 0 heterocycles. The molecule has 2 rings (SSSR count). The van der Waals surface area contributed by atoms with Crippen LogP contribution in [0.15, 0.2) is 48.5 Å². The van der Waals surface area contributed by atoms with Crippen LogP contribution >= 0.6 is 0 Å². The summed E-state index contributed by atoms with van der Waals surface area (Å²) in [5.41, 5.74) is 4.66. The molecule has 0 aliphatic carbocycles. The number of hydrogen-bond donors (Lipinski definition) is 6. The lowest BCUT2D eigenvalue weighted by Gasteiger charge is -2.19.